The molecule has 1 heterocycles. The minimum Gasteiger partial charge on any atom is -0.316 e. The second-order valence-electron chi connectivity index (χ2n) is 5.56. The van der Waals surface area contributed by atoms with E-state index in [1.165, 1.54) is 18.7 Å². The fourth-order valence-electron chi connectivity index (χ4n) is 2.47. The van der Waals surface area contributed by atoms with Crippen LogP contribution in [0, 0.1) is 11.8 Å². The summed E-state index contributed by atoms with van der Waals surface area (Å²) in [5, 5.41) is 4.16. The number of halogens is 1. The quantitative estimate of drug-likeness (QED) is 0.881. The molecule has 1 aromatic carbocycles. The number of nitrogens with one attached hydrogen (secondary N) is 1. The monoisotopic (exact) mass is 266 g/mol. The van der Waals surface area contributed by atoms with Gasteiger partial charge in [-0.3, -0.25) is 4.90 Å². The van der Waals surface area contributed by atoms with Crippen LogP contribution in [-0.2, 0) is 0 Å². The number of rotatable bonds is 5. The highest BCUT2D eigenvalue weighted by atomic mass is 35.5. The van der Waals surface area contributed by atoms with Crippen LogP contribution in [0.3, 0.4) is 0 Å². The number of hydrogen-bond acceptors (Lipinski definition) is 2. The Balaban J connectivity index is 1.91. The van der Waals surface area contributed by atoms with Gasteiger partial charge in [0.25, 0.3) is 0 Å². The summed E-state index contributed by atoms with van der Waals surface area (Å²) in [6.07, 6.45) is 0. The van der Waals surface area contributed by atoms with Gasteiger partial charge in [0.05, 0.1) is 0 Å². The Morgan fingerprint density at radius 1 is 1.28 bits per heavy atom. The summed E-state index contributed by atoms with van der Waals surface area (Å²) in [7, 11) is 2.21. The summed E-state index contributed by atoms with van der Waals surface area (Å²) < 4.78 is 0. The third kappa shape index (κ3) is 3.25. The van der Waals surface area contributed by atoms with Crippen LogP contribution in [0.4, 0.5) is 0 Å². The van der Waals surface area contributed by atoms with Crippen LogP contribution in [0.2, 0.25) is 5.02 Å². The zero-order valence-corrected chi connectivity index (χ0v) is 12.2. The van der Waals surface area contributed by atoms with Crippen molar-refractivity contribution in [2.45, 2.75) is 19.9 Å². The fraction of sp³-hybridized carbons (Fsp3) is 0.600. The van der Waals surface area contributed by atoms with Crippen LogP contribution in [0.25, 0.3) is 0 Å². The zero-order valence-electron chi connectivity index (χ0n) is 11.5. The molecule has 1 aliphatic rings. The lowest BCUT2D eigenvalue weighted by molar-refractivity contribution is 0.160. The molecule has 1 saturated heterocycles. The molecule has 18 heavy (non-hydrogen) atoms. The molecular weight excluding hydrogens is 244 g/mol. The van der Waals surface area contributed by atoms with E-state index in [0.717, 1.165) is 23.4 Å². The van der Waals surface area contributed by atoms with E-state index in [0.29, 0.717) is 6.04 Å². The smallest absolute Gasteiger partial charge is 0.0406 e. The number of nitrogens with zero attached hydrogens (tertiary/aromatic N) is 1. The molecule has 2 rings (SSSR count). The molecule has 0 aliphatic carbocycles. The first-order valence-electron chi connectivity index (χ1n) is 6.74. The third-order valence-corrected chi connectivity index (χ3v) is 4.46. The van der Waals surface area contributed by atoms with Gasteiger partial charge in [0.1, 0.15) is 0 Å². The molecule has 2 nitrogen and oxygen atoms in total. The number of hydrogen-bond donors (Lipinski definition) is 1. The van der Waals surface area contributed by atoms with E-state index in [-0.39, 0.29) is 0 Å². The first kappa shape index (κ1) is 13.9. The van der Waals surface area contributed by atoms with E-state index >= 15 is 0 Å². The van der Waals surface area contributed by atoms with E-state index in [9.17, 15) is 0 Å². The third-order valence-electron chi connectivity index (χ3n) is 4.21. The average molecular weight is 267 g/mol. The van der Waals surface area contributed by atoms with Crippen molar-refractivity contribution in [2.24, 2.45) is 11.8 Å². The summed E-state index contributed by atoms with van der Waals surface area (Å²) in [5.41, 5.74) is 1.33. The van der Waals surface area contributed by atoms with Crippen molar-refractivity contribution in [3.8, 4) is 0 Å². The van der Waals surface area contributed by atoms with Crippen molar-refractivity contribution in [2.75, 3.05) is 26.7 Å². The number of benzene rings is 1. The van der Waals surface area contributed by atoms with Crippen molar-refractivity contribution in [1.82, 2.24) is 10.2 Å². The second kappa shape index (κ2) is 6.05. The van der Waals surface area contributed by atoms with Gasteiger partial charge in [0, 0.05) is 17.6 Å². The molecule has 100 valence electrons. The van der Waals surface area contributed by atoms with Gasteiger partial charge >= 0.3 is 0 Å². The maximum atomic E-state index is 5.93. The Morgan fingerprint density at radius 2 is 1.89 bits per heavy atom. The molecule has 1 aliphatic heterocycles. The van der Waals surface area contributed by atoms with E-state index in [4.69, 9.17) is 11.6 Å². The summed E-state index contributed by atoms with van der Waals surface area (Å²) >= 11 is 5.93. The lowest BCUT2D eigenvalue weighted by atomic mass is 9.88. The standard InChI is InChI=1S/C15H23ClN2/c1-11(14-8-17-9-14)10-18(3)12(2)13-4-6-15(16)7-5-13/h4-7,11-12,14,17H,8-10H2,1-3H3. The average Bonchev–Trinajstić information content (AvgIpc) is 2.26. The van der Waals surface area contributed by atoms with Crippen LogP contribution in [-0.4, -0.2) is 31.6 Å². The van der Waals surface area contributed by atoms with E-state index in [2.05, 4.69) is 43.2 Å². The van der Waals surface area contributed by atoms with Gasteiger partial charge in [-0.2, -0.15) is 0 Å². The Labute approximate surface area is 115 Å². The van der Waals surface area contributed by atoms with Crippen LogP contribution < -0.4 is 5.32 Å². The molecule has 0 radical (unpaired) electrons. The molecule has 1 aromatic rings. The van der Waals surface area contributed by atoms with Crippen LogP contribution >= 0.6 is 11.6 Å². The van der Waals surface area contributed by atoms with Crippen molar-refractivity contribution in [3.63, 3.8) is 0 Å². The molecule has 0 bridgehead atoms. The van der Waals surface area contributed by atoms with Gasteiger partial charge in [-0.1, -0.05) is 30.7 Å². The molecule has 0 amide bonds. The topological polar surface area (TPSA) is 15.3 Å². The van der Waals surface area contributed by atoms with Gasteiger partial charge < -0.3 is 5.32 Å². The Hall–Kier alpha value is -0.570. The van der Waals surface area contributed by atoms with Crippen LogP contribution in [0.1, 0.15) is 25.5 Å². The highest BCUT2D eigenvalue weighted by Crippen LogP contribution is 2.24. The SMILES string of the molecule is CC(CN(C)C(C)c1ccc(Cl)cc1)C1CNC1. The van der Waals surface area contributed by atoms with Crippen molar-refractivity contribution in [1.29, 1.82) is 0 Å². The summed E-state index contributed by atoms with van der Waals surface area (Å²) in [4.78, 5) is 2.44. The minimum absolute atomic E-state index is 0.442. The predicted molar refractivity (Wildman–Crippen MR) is 78.0 cm³/mol. The van der Waals surface area contributed by atoms with Crippen LogP contribution in [0.15, 0.2) is 24.3 Å². The predicted octanol–water partition coefficient (Wildman–Crippen LogP) is 3.19. The zero-order chi connectivity index (χ0) is 13.1. The summed E-state index contributed by atoms with van der Waals surface area (Å²) in [6.45, 7) is 8.14. The molecular formula is C15H23ClN2. The molecule has 1 fully saturated rings. The molecule has 3 heteroatoms. The largest absolute Gasteiger partial charge is 0.316 e. The Kier molecular flexibility index (Phi) is 4.66. The summed E-state index contributed by atoms with van der Waals surface area (Å²) in [5.74, 6) is 1.61. The minimum atomic E-state index is 0.442. The molecule has 0 saturated carbocycles. The highest BCUT2D eigenvalue weighted by Gasteiger charge is 2.25. The normalized spacial score (nSPS) is 19.6. The first-order valence-corrected chi connectivity index (χ1v) is 7.12. The Morgan fingerprint density at radius 3 is 2.39 bits per heavy atom. The Bertz CT molecular complexity index is 373. The van der Waals surface area contributed by atoms with E-state index in [1.807, 2.05) is 12.1 Å². The van der Waals surface area contributed by atoms with Gasteiger partial charge in [0.2, 0.25) is 0 Å². The molecule has 1 N–H and O–H groups in total. The van der Waals surface area contributed by atoms with Crippen molar-refractivity contribution >= 4 is 11.6 Å². The summed E-state index contributed by atoms with van der Waals surface area (Å²) in [6, 6.07) is 8.64. The van der Waals surface area contributed by atoms with Crippen LogP contribution in [0.5, 0.6) is 0 Å². The van der Waals surface area contributed by atoms with E-state index in [1.54, 1.807) is 0 Å². The van der Waals surface area contributed by atoms with Crippen molar-refractivity contribution in [3.05, 3.63) is 34.9 Å². The first-order chi connectivity index (χ1) is 8.58. The molecule has 0 spiro atoms. The maximum Gasteiger partial charge on any atom is 0.0406 e. The second-order valence-corrected chi connectivity index (χ2v) is 6.00. The highest BCUT2D eigenvalue weighted by molar-refractivity contribution is 6.30. The molecule has 2 atom stereocenters. The van der Waals surface area contributed by atoms with Gasteiger partial charge in [-0.25, -0.2) is 0 Å². The molecule has 0 aromatic heterocycles. The lowest BCUT2D eigenvalue weighted by Gasteiger charge is -2.36. The van der Waals surface area contributed by atoms with Gasteiger partial charge in [0.15, 0.2) is 0 Å². The molecule has 2 unspecified atom stereocenters. The van der Waals surface area contributed by atoms with Gasteiger partial charge in [-0.15, -0.1) is 0 Å². The maximum absolute atomic E-state index is 5.93. The van der Waals surface area contributed by atoms with Crippen molar-refractivity contribution < 1.29 is 0 Å². The van der Waals surface area contributed by atoms with Gasteiger partial charge in [-0.05, 0) is 56.6 Å². The van der Waals surface area contributed by atoms with E-state index < -0.39 is 0 Å². The lowest BCUT2D eigenvalue weighted by Crippen LogP contribution is -2.48. The fourth-order valence-corrected chi connectivity index (χ4v) is 2.60.